The molecule has 0 aromatic heterocycles. The highest BCUT2D eigenvalue weighted by atomic mass is 28.4. The summed E-state index contributed by atoms with van der Waals surface area (Å²) in [7, 11) is -1.63. The highest BCUT2D eigenvalue weighted by Crippen LogP contribution is 2.36. The summed E-state index contributed by atoms with van der Waals surface area (Å²) in [5, 5.41) is 9.42. The van der Waals surface area contributed by atoms with Crippen molar-refractivity contribution in [2.45, 2.75) is 45.3 Å². The van der Waals surface area contributed by atoms with E-state index in [1.807, 2.05) is 0 Å². The zero-order valence-electron chi connectivity index (χ0n) is 12.7. The average Bonchev–Trinajstić information content (AvgIpc) is 2.29. The molecule has 1 aromatic carbocycles. The standard InChI is InChI=1S/C15H26O3Si/c1-15(2,3)19(4,5)18-12-6-11-17-14-9-7-13(16)8-10-14/h7-10,16H,6,11-12H2,1-5H3. The van der Waals surface area contributed by atoms with E-state index in [2.05, 4.69) is 33.9 Å². The second-order valence-electron chi connectivity index (χ2n) is 6.30. The van der Waals surface area contributed by atoms with Crippen molar-refractivity contribution in [2.75, 3.05) is 13.2 Å². The Kier molecular flexibility index (Phi) is 5.44. The van der Waals surface area contributed by atoms with Crippen molar-refractivity contribution in [2.24, 2.45) is 0 Å². The van der Waals surface area contributed by atoms with E-state index in [0.717, 1.165) is 18.8 Å². The molecule has 1 aromatic rings. The second-order valence-corrected chi connectivity index (χ2v) is 11.1. The molecule has 0 aliphatic rings. The van der Waals surface area contributed by atoms with E-state index in [4.69, 9.17) is 14.3 Å². The van der Waals surface area contributed by atoms with Gasteiger partial charge in [-0.3, -0.25) is 0 Å². The van der Waals surface area contributed by atoms with Gasteiger partial charge in [-0.1, -0.05) is 20.8 Å². The van der Waals surface area contributed by atoms with Crippen LogP contribution in [0.3, 0.4) is 0 Å². The minimum atomic E-state index is -1.63. The van der Waals surface area contributed by atoms with E-state index < -0.39 is 8.32 Å². The summed E-state index contributed by atoms with van der Waals surface area (Å²) in [5.41, 5.74) is 0. The molecule has 4 heteroatoms. The number of benzene rings is 1. The van der Waals surface area contributed by atoms with Crippen LogP contribution in [0.5, 0.6) is 11.5 Å². The van der Waals surface area contributed by atoms with E-state index in [9.17, 15) is 0 Å². The maximum Gasteiger partial charge on any atom is 0.191 e. The Bertz CT molecular complexity index is 379. The predicted molar refractivity (Wildman–Crippen MR) is 81.4 cm³/mol. The molecule has 0 bridgehead atoms. The van der Waals surface area contributed by atoms with Crippen molar-refractivity contribution >= 4 is 8.32 Å². The van der Waals surface area contributed by atoms with E-state index in [-0.39, 0.29) is 10.8 Å². The minimum Gasteiger partial charge on any atom is -0.508 e. The summed E-state index contributed by atoms with van der Waals surface area (Å²) < 4.78 is 11.7. The van der Waals surface area contributed by atoms with Crippen LogP contribution >= 0.6 is 0 Å². The summed E-state index contributed by atoms with van der Waals surface area (Å²) in [5.74, 6) is 1.04. The molecule has 0 radical (unpaired) electrons. The summed E-state index contributed by atoms with van der Waals surface area (Å²) in [6.45, 7) is 12.6. The second kappa shape index (κ2) is 6.44. The van der Waals surface area contributed by atoms with E-state index in [1.165, 1.54) is 0 Å². The fourth-order valence-corrected chi connectivity index (χ4v) is 2.42. The van der Waals surface area contributed by atoms with Crippen LogP contribution in [0.25, 0.3) is 0 Å². The van der Waals surface area contributed by atoms with Crippen LogP contribution in [0.2, 0.25) is 18.1 Å². The molecule has 0 saturated carbocycles. The first-order chi connectivity index (χ1) is 8.72. The fourth-order valence-electron chi connectivity index (χ4n) is 1.34. The highest BCUT2D eigenvalue weighted by molar-refractivity contribution is 6.74. The molecule has 0 aliphatic carbocycles. The van der Waals surface area contributed by atoms with Crippen molar-refractivity contribution in [3.63, 3.8) is 0 Å². The normalized spacial score (nSPS) is 12.5. The maximum absolute atomic E-state index is 9.16. The van der Waals surface area contributed by atoms with Gasteiger partial charge >= 0.3 is 0 Å². The summed E-state index contributed by atoms with van der Waals surface area (Å²) in [6.07, 6.45) is 0.882. The van der Waals surface area contributed by atoms with Gasteiger partial charge in [-0.05, 0) is 42.4 Å². The van der Waals surface area contributed by atoms with Crippen molar-refractivity contribution in [1.82, 2.24) is 0 Å². The van der Waals surface area contributed by atoms with E-state index >= 15 is 0 Å². The van der Waals surface area contributed by atoms with Crippen LogP contribution in [0, 0.1) is 0 Å². The lowest BCUT2D eigenvalue weighted by atomic mass is 10.2. The predicted octanol–water partition coefficient (Wildman–Crippen LogP) is 4.18. The third-order valence-corrected chi connectivity index (χ3v) is 8.20. The average molecular weight is 282 g/mol. The smallest absolute Gasteiger partial charge is 0.191 e. The number of aromatic hydroxyl groups is 1. The van der Waals surface area contributed by atoms with Crippen molar-refractivity contribution in [1.29, 1.82) is 0 Å². The van der Waals surface area contributed by atoms with E-state index in [0.29, 0.717) is 6.61 Å². The van der Waals surface area contributed by atoms with Crippen LogP contribution in [-0.2, 0) is 4.43 Å². The molecule has 0 amide bonds. The van der Waals surface area contributed by atoms with Crippen molar-refractivity contribution in [3.05, 3.63) is 24.3 Å². The molecule has 19 heavy (non-hydrogen) atoms. The van der Waals surface area contributed by atoms with Gasteiger partial charge in [0.15, 0.2) is 8.32 Å². The van der Waals surface area contributed by atoms with Gasteiger partial charge in [0.05, 0.1) is 6.61 Å². The molecule has 3 nitrogen and oxygen atoms in total. The van der Waals surface area contributed by atoms with Crippen LogP contribution in [0.15, 0.2) is 24.3 Å². The Morgan fingerprint density at radius 1 is 1.05 bits per heavy atom. The number of hydrogen-bond donors (Lipinski definition) is 1. The van der Waals surface area contributed by atoms with Crippen LogP contribution in [-0.4, -0.2) is 26.6 Å². The molecule has 0 aliphatic heterocycles. The Morgan fingerprint density at radius 2 is 1.63 bits per heavy atom. The molecular weight excluding hydrogens is 256 g/mol. The van der Waals surface area contributed by atoms with Crippen molar-refractivity contribution in [3.8, 4) is 11.5 Å². The quantitative estimate of drug-likeness (QED) is 0.628. The monoisotopic (exact) mass is 282 g/mol. The molecule has 0 saturated heterocycles. The van der Waals surface area contributed by atoms with Crippen LogP contribution in [0.4, 0.5) is 0 Å². The molecule has 0 spiro atoms. The van der Waals surface area contributed by atoms with Gasteiger partial charge in [-0.2, -0.15) is 0 Å². The lowest BCUT2D eigenvalue weighted by Crippen LogP contribution is -2.41. The number of phenols is 1. The van der Waals surface area contributed by atoms with Gasteiger partial charge in [0.2, 0.25) is 0 Å². The molecule has 0 fully saturated rings. The Balaban J connectivity index is 2.23. The molecule has 0 unspecified atom stereocenters. The minimum absolute atomic E-state index is 0.255. The Hall–Kier alpha value is -1.00. The zero-order valence-corrected chi connectivity index (χ0v) is 13.7. The lowest BCUT2D eigenvalue weighted by Gasteiger charge is -2.36. The van der Waals surface area contributed by atoms with Gasteiger partial charge in [-0.15, -0.1) is 0 Å². The van der Waals surface area contributed by atoms with Gasteiger partial charge in [-0.25, -0.2) is 0 Å². The molecule has 0 heterocycles. The Morgan fingerprint density at radius 3 is 2.16 bits per heavy atom. The third-order valence-electron chi connectivity index (χ3n) is 3.66. The molecule has 0 atom stereocenters. The summed E-state index contributed by atoms with van der Waals surface area (Å²) >= 11 is 0. The summed E-state index contributed by atoms with van der Waals surface area (Å²) in [4.78, 5) is 0. The number of ether oxygens (including phenoxy) is 1. The first-order valence-electron chi connectivity index (χ1n) is 6.78. The van der Waals surface area contributed by atoms with Gasteiger partial charge in [0.1, 0.15) is 11.5 Å². The van der Waals surface area contributed by atoms with Crippen LogP contribution in [0.1, 0.15) is 27.2 Å². The largest absolute Gasteiger partial charge is 0.508 e. The number of hydrogen-bond acceptors (Lipinski definition) is 3. The molecule has 108 valence electrons. The summed E-state index contributed by atoms with van der Waals surface area (Å²) in [6, 6.07) is 6.79. The van der Waals surface area contributed by atoms with Crippen molar-refractivity contribution < 1.29 is 14.3 Å². The Labute approximate surface area is 117 Å². The lowest BCUT2D eigenvalue weighted by molar-refractivity contribution is 0.233. The van der Waals surface area contributed by atoms with E-state index in [1.54, 1.807) is 24.3 Å². The fraction of sp³-hybridized carbons (Fsp3) is 0.600. The van der Waals surface area contributed by atoms with Gasteiger partial charge in [0, 0.05) is 13.0 Å². The maximum atomic E-state index is 9.16. The number of rotatable bonds is 6. The SMILES string of the molecule is CC(C)(C)[Si](C)(C)OCCCOc1ccc(O)cc1. The topological polar surface area (TPSA) is 38.7 Å². The molecule has 1 N–H and O–H groups in total. The molecule has 1 rings (SSSR count). The third kappa shape index (κ3) is 5.24. The first-order valence-corrected chi connectivity index (χ1v) is 9.69. The van der Waals surface area contributed by atoms with Gasteiger partial charge in [0.25, 0.3) is 0 Å². The first kappa shape index (κ1) is 16.1. The van der Waals surface area contributed by atoms with Gasteiger partial charge < -0.3 is 14.3 Å². The number of phenolic OH excluding ortho intramolecular Hbond substituents is 1. The molecular formula is C15H26O3Si. The van der Waals surface area contributed by atoms with Crippen LogP contribution < -0.4 is 4.74 Å². The zero-order chi connectivity index (χ0) is 14.5. The highest BCUT2D eigenvalue weighted by Gasteiger charge is 2.36.